The van der Waals surface area contributed by atoms with Gasteiger partial charge in [0.25, 0.3) is 5.69 Å². The van der Waals surface area contributed by atoms with Crippen molar-refractivity contribution < 1.29 is 4.92 Å². The molecule has 3 N–H and O–H groups in total. The lowest BCUT2D eigenvalue weighted by molar-refractivity contribution is -0.383. The number of nitriles is 1. The van der Waals surface area contributed by atoms with Crippen LogP contribution in [-0.4, -0.2) is 4.92 Å². The second-order valence-corrected chi connectivity index (χ2v) is 4.26. The highest BCUT2D eigenvalue weighted by Crippen LogP contribution is 2.28. The zero-order valence-corrected chi connectivity index (χ0v) is 10.8. The number of nitro groups is 1. The largest absolute Gasteiger partial charge is 0.393 e. The summed E-state index contributed by atoms with van der Waals surface area (Å²) in [6, 6.07) is 11.9. The minimum Gasteiger partial charge on any atom is -0.393 e. The normalized spacial score (nSPS) is 9.80. The highest BCUT2D eigenvalue weighted by Gasteiger charge is 2.12. The maximum atomic E-state index is 10.7. The molecule has 0 aliphatic carbocycles. The Morgan fingerprint density at radius 1 is 1.35 bits per heavy atom. The molecule has 0 unspecified atom stereocenters. The van der Waals surface area contributed by atoms with Crippen molar-refractivity contribution in [1.29, 1.82) is 5.26 Å². The van der Waals surface area contributed by atoms with Crippen molar-refractivity contribution in [2.45, 2.75) is 6.92 Å². The first-order valence-electron chi connectivity index (χ1n) is 5.83. The highest BCUT2D eigenvalue weighted by atomic mass is 16.6. The molecule has 0 aliphatic heterocycles. The molecule has 0 bridgehead atoms. The molecule has 6 nitrogen and oxygen atoms in total. The van der Waals surface area contributed by atoms with Gasteiger partial charge < -0.3 is 11.1 Å². The van der Waals surface area contributed by atoms with Gasteiger partial charge in [-0.1, -0.05) is 12.1 Å². The summed E-state index contributed by atoms with van der Waals surface area (Å²) >= 11 is 0. The van der Waals surface area contributed by atoms with Crippen LogP contribution in [0.5, 0.6) is 0 Å². The molecule has 2 aromatic carbocycles. The lowest BCUT2D eigenvalue weighted by Gasteiger charge is -2.10. The zero-order valence-electron chi connectivity index (χ0n) is 10.8. The average molecular weight is 268 g/mol. The standard InChI is InChI=1S/C14H12N4O2/c1-9-3-2-4-13(11(9)8-15)17-10-5-6-14(18(19)20)12(16)7-10/h2-7,17H,16H2,1H3. The molecule has 0 saturated carbocycles. The second-order valence-electron chi connectivity index (χ2n) is 4.26. The number of nitrogens with zero attached hydrogens (tertiary/aromatic N) is 2. The summed E-state index contributed by atoms with van der Waals surface area (Å²) in [7, 11) is 0. The van der Waals surface area contributed by atoms with Crippen molar-refractivity contribution in [1.82, 2.24) is 0 Å². The summed E-state index contributed by atoms with van der Waals surface area (Å²) in [4.78, 5) is 10.2. The van der Waals surface area contributed by atoms with E-state index < -0.39 is 4.92 Å². The molecule has 2 rings (SSSR count). The Balaban J connectivity index is 2.37. The first-order chi connectivity index (χ1) is 9.52. The first kappa shape index (κ1) is 13.4. The number of rotatable bonds is 3. The third kappa shape index (κ3) is 2.52. The average Bonchev–Trinajstić information content (AvgIpc) is 2.38. The van der Waals surface area contributed by atoms with Crippen LogP contribution >= 0.6 is 0 Å². The number of anilines is 3. The number of nitrogens with one attached hydrogen (secondary N) is 1. The summed E-state index contributed by atoms with van der Waals surface area (Å²) in [6.07, 6.45) is 0. The van der Waals surface area contributed by atoms with Crippen molar-refractivity contribution in [2.24, 2.45) is 0 Å². The Labute approximate surface area is 115 Å². The summed E-state index contributed by atoms with van der Waals surface area (Å²) in [6.45, 7) is 1.84. The molecule has 0 saturated heterocycles. The van der Waals surface area contributed by atoms with Crippen LogP contribution in [0.25, 0.3) is 0 Å². The Morgan fingerprint density at radius 2 is 2.10 bits per heavy atom. The second kappa shape index (κ2) is 5.28. The van der Waals surface area contributed by atoms with Crippen LogP contribution in [0.15, 0.2) is 36.4 Å². The third-order valence-electron chi connectivity index (χ3n) is 2.89. The van der Waals surface area contributed by atoms with Gasteiger partial charge in [0.2, 0.25) is 0 Å². The van der Waals surface area contributed by atoms with Gasteiger partial charge in [0.15, 0.2) is 0 Å². The smallest absolute Gasteiger partial charge is 0.292 e. The van der Waals surface area contributed by atoms with E-state index in [9.17, 15) is 10.1 Å². The summed E-state index contributed by atoms with van der Waals surface area (Å²) in [5.41, 5.74) is 8.18. The molecule has 0 aliphatic rings. The number of nitrogen functional groups attached to an aromatic ring is 1. The van der Waals surface area contributed by atoms with Crippen LogP contribution in [0.1, 0.15) is 11.1 Å². The van der Waals surface area contributed by atoms with Crippen LogP contribution in [0, 0.1) is 28.4 Å². The minimum atomic E-state index is -0.535. The van der Waals surface area contributed by atoms with Crippen LogP contribution in [0.3, 0.4) is 0 Å². The van der Waals surface area contributed by atoms with Gasteiger partial charge in [0.1, 0.15) is 11.8 Å². The van der Waals surface area contributed by atoms with Gasteiger partial charge >= 0.3 is 0 Å². The van der Waals surface area contributed by atoms with Crippen LogP contribution < -0.4 is 11.1 Å². The molecule has 0 spiro atoms. The number of aryl methyl sites for hydroxylation is 1. The fourth-order valence-corrected chi connectivity index (χ4v) is 1.87. The van der Waals surface area contributed by atoms with E-state index in [1.54, 1.807) is 12.1 Å². The molecule has 0 amide bonds. The van der Waals surface area contributed by atoms with Crippen LogP contribution in [-0.2, 0) is 0 Å². The molecular formula is C14H12N4O2. The number of nitro benzene ring substituents is 1. The molecule has 2 aromatic rings. The molecule has 0 heterocycles. The lowest BCUT2D eigenvalue weighted by atomic mass is 10.1. The van der Waals surface area contributed by atoms with Crippen molar-refractivity contribution in [3.8, 4) is 6.07 Å². The SMILES string of the molecule is Cc1cccc(Nc2ccc([N+](=O)[O-])c(N)c2)c1C#N. The number of hydrogen-bond acceptors (Lipinski definition) is 5. The Bertz CT molecular complexity index is 720. The maximum absolute atomic E-state index is 10.7. The van der Waals surface area contributed by atoms with Gasteiger partial charge in [0.05, 0.1) is 16.2 Å². The summed E-state index contributed by atoms with van der Waals surface area (Å²) < 4.78 is 0. The van der Waals surface area contributed by atoms with Gasteiger partial charge in [0, 0.05) is 11.8 Å². The first-order valence-corrected chi connectivity index (χ1v) is 5.83. The maximum Gasteiger partial charge on any atom is 0.292 e. The molecule has 0 fully saturated rings. The fourth-order valence-electron chi connectivity index (χ4n) is 1.87. The van der Waals surface area contributed by atoms with Crippen LogP contribution in [0.2, 0.25) is 0 Å². The molecule has 0 radical (unpaired) electrons. The predicted octanol–water partition coefficient (Wildman–Crippen LogP) is 3.10. The Hall–Kier alpha value is -3.07. The topological polar surface area (TPSA) is 105 Å². The van der Waals surface area contributed by atoms with E-state index in [2.05, 4.69) is 11.4 Å². The number of benzene rings is 2. The van der Waals surface area contributed by atoms with Gasteiger partial charge in [-0.3, -0.25) is 10.1 Å². The van der Waals surface area contributed by atoms with E-state index in [0.717, 1.165) is 5.56 Å². The molecule has 20 heavy (non-hydrogen) atoms. The van der Waals surface area contributed by atoms with Gasteiger partial charge in [-0.25, -0.2) is 0 Å². The third-order valence-corrected chi connectivity index (χ3v) is 2.89. The number of nitrogens with two attached hydrogens (primary N) is 1. The van der Waals surface area contributed by atoms with Gasteiger partial charge in [-0.15, -0.1) is 0 Å². The van der Waals surface area contributed by atoms with Gasteiger partial charge in [-0.2, -0.15) is 5.26 Å². The van der Waals surface area contributed by atoms with Crippen molar-refractivity contribution in [2.75, 3.05) is 11.1 Å². The van der Waals surface area contributed by atoms with E-state index in [0.29, 0.717) is 16.9 Å². The van der Waals surface area contributed by atoms with E-state index in [1.807, 2.05) is 19.1 Å². The van der Waals surface area contributed by atoms with Crippen molar-refractivity contribution >= 4 is 22.7 Å². The van der Waals surface area contributed by atoms with Crippen LogP contribution in [0.4, 0.5) is 22.7 Å². The molecular weight excluding hydrogens is 256 g/mol. The van der Waals surface area contributed by atoms with E-state index in [-0.39, 0.29) is 11.4 Å². The molecule has 6 heteroatoms. The molecule has 100 valence electrons. The zero-order chi connectivity index (χ0) is 14.7. The molecule has 0 atom stereocenters. The lowest BCUT2D eigenvalue weighted by Crippen LogP contribution is -1.99. The predicted molar refractivity (Wildman–Crippen MR) is 76.7 cm³/mol. The minimum absolute atomic E-state index is 0.0751. The Kier molecular flexibility index (Phi) is 3.53. The highest BCUT2D eigenvalue weighted by molar-refractivity contribution is 5.73. The van der Waals surface area contributed by atoms with Gasteiger partial charge in [-0.05, 0) is 30.7 Å². The quantitative estimate of drug-likeness (QED) is 0.505. The summed E-state index contributed by atoms with van der Waals surface area (Å²) in [5, 5.41) is 22.9. The summed E-state index contributed by atoms with van der Waals surface area (Å²) in [5.74, 6) is 0. The fraction of sp³-hybridized carbons (Fsp3) is 0.0714. The Morgan fingerprint density at radius 3 is 2.70 bits per heavy atom. The molecule has 0 aromatic heterocycles. The van der Waals surface area contributed by atoms with E-state index in [1.165, 1.54) is 12.1 Å². The van der Waals surface area contributed by atoms with Crippen molar-refractivity contribution in [3.05, 3.63) is 57.6 Å². The van der Waals surface area contributed by atoms with E-state index >= 15 is 0 Å². The van der Waals surface area contributed by atoms with Crippen molar-refractivity contribution in [3.63, 3.8) is 0 Å². The monoisotopic (exact) mass is 268 g/mol. The number of hydrogen-bond donors (Lipinski definition) is 2. The van der Waals surface area contributed by atoms with E-state index in [4.69, 9.17) is 11.0 Å².